The quantitative estimate of drug-likeness (QED) is 0.287. The molecular formula is C28H30BrClN2O4S. The normalized spacial score (nSPS) is 15.6. The predicted molar refractivity (Wildman–Crippen MR) is 151 cm³/mol. The Morgan fingerprint density at radius 2 is 1.84 bits per heavy atom. The zero-order valence-corrected chi connectivity index (χ0v) is 24.2. The smallest absolute Gasteiger partial charge is 0.264 e. The number of likely N-dealkylation sites (tertiary alicyclic amines) is 1. The maximum atomic E-state index is 13.9. The Hall–Kier alpha value is -2.55. The first-order valence-corrected chi connectivity index (χ1v) is 14.7. The molecule has 1 aliphatic heterocycles. The summed E-state index contributed by atoms with van der Waals surface area (Å²) in [6.45, 7) is 4.34. The standard InChI is InChI=1S/C28H30BrClN2O4S/c1-19-6-13-27(20(2)17-19)37(34,35)32(22-8-10-23(36-3)11-9-22)16-14-28(33)31-15-4-5-26(31)24-12-7-21(29)18-25(24)30/h6-13,17-18,26H,4-5,14-16H2,1-3H3. The van der Waals surface area contributed by atoms with E-state index in [0.29, 0.717) is 28.6 Å². The highest BCUT2D eigenvalue weighted by molar-refractivity contribution is 9.10. The molecule has 0 aliphatic carbocycles. The van der Waals surface area contributed by atoms with Crippen molar-refractivity contribution in [3.63, 3.8) is 0 Å². The minimum atomic E-state index is -3.92. The van der Waals surface area contributed by atoms with E-state index >= 15 is 0 Å². The van der Waals surface area contributed by atoms with Crippen molar-refractivity contribution in [1.29, 1.82) is 0 Å². The topological polar surface area (TPSA) is 66.9 Å². The number of carbonyl (C=O) groups excluding carboxylic acids is 1. The van der Waals surface area contributed by atoms with Gasteiger partial charge in [-0.25, -0.2) is 8.42 Å². The van der Waals surface area contributed by atoms with Gasteiger partial charge in [-0.2, -0.15) is 0 Å². The molecule has 1 atom stereocenters. The molecule has 1 amide bonds. The van der Waals surface area contributed by atoms with Gasteiger partial charge in [-0.3, -0.25) is 9.10 Å². The summed E-state index contributed by atoms with van der Waals surface area (Å²) in [5, 5.41) is 0.608. The van der Waals surface area contributed by atoms with Crippen LogP contribution in [0.3, 0.4) is 0 Å². The van der Waals surface area contributed by atoms with Gasteiger partial charge < -0.3 is 9.64 Å². The Balaban J connectivity index is 1.61. The predicted octanol–water partition coefficient (Wildman–Crippen LogP) is 6.68. The van der Waals surface area contributed by atoms with Crippen molar-refractivity contribution in [2.24, 2.45) is 0 Å². The molecule has 1 unspecified atom stereocenters. The Bertz CT molecular complexity index is 1400. The molecule has 3 aromatic carbocycles. The second kappa shape index (κ2) is 11.5. The van der Waals surface area contributed by atoms with Crippen LogP contribution in [0.15, 0.2) is 70.0 Å². The molecule has 0 aromatic heterocycles. The molecule has 0 saturated carbocycles. The van der Waals surface area contributed by atoms with E-state index in [2.05, 4.69) is 15.9 Å². The summed E-state index contributed by atoms with van der Waals surface area (Å²) in [4.78, 5) is 15.5. The Kier molecular flexibility index (Phi) is 8.51. The summed E-state index contributed by atoms with van der Waals surface area (Å²) in [5.74, 6) is 0.519. The van der Waals surface area contributed by atoms with E-state index < -0.39 is 10.0 Å². The molecule has 3 aromatic rings. The second-order valence-electron chi connectivity index (χ2n) is 9.21. The fraction of sp³-hybridized carbons (Fsp3) is 0.321. The van der Waals surface area contributed by atoms with Gasteiger partial charge in [0, 0.05) is 29.0 Å². The average molecular weight is 606 g/mol. The van der Waals surface area contributed by atoms with Crippen LogP contribution in [-0.2, 0) is 14.8 Å². The number of sulfonamides is 1. The van der Waals surface area contributed by atoms with Crippen LogP contribution in [0.2, 0.25) is 5.02 Å². The largest absolute Gasteiger partial charge is 0.497 e. The number of ether oxygens (including phenoxy) is 1. The zero-order valence-electron chi connectivity index (χ0n) is 21.1. The van der Waals surface area contributed by atoms with E-state index in [9.17, 15) is 13.2 Å². The molecule has 1 heterocycles. The minimum absolute atomic E-state index is 0.0120. The number of methoxy groups -OCH3 is 1. The molecular weight excluding hydrogens is 576 g/mol. The van der Waals surface area contributed by atoms with E-state index in [0.717, 1.165) is 28.4 Å². The molecule has 1 fully saturated rings. The summed E-state index contributed by atoms with van der Waals surface area (Å²) in [5.41, 5.74) is 3.02. The molecule has 196 valence electrons. The lowest BCUT2D eigenvalue weighted by molar-refractivity contribution is -0.131. The van der Waals surface area contributed by atoms with E-state index in [-0.39, 0.29) is 29.8 Å². The van der Waals surface area contributed by atoms with E-state index in [1.165, 1.54) is 4.31 Å². The highest BCUT2D eigenvalue weighted by Gasteiger charge is 2.33. The Labute approximate surface area is 232 Å². The zero-order chi connectivity index (χ0) is 26.7. The lowest BCUT2D eigenvalue weighted by atomic mass is 10.0. The average Bonchev–Trinajstić information content (AvgIpc) is 3.34. The van der Waals surface area contributed by atoms with Gasteiger partial charge in [0.05, 0.1) is 23.7 Å². The van der Waals surface area contributed by atoms with Gasteiger partial charge in [-0.05, 0) is 80.3 Å². The van der Waals surface area contributed by atoms with Crippen molar-refractivity contribution in [2.45, 2.75) is 44.0 Å². The van der Waals surface area contributed by atoms with Crippen molar-refractivity contribution in [3.8, 4) is 5.75 Å². The summed E-state index contributed by atoms with van der Waals surface area (Å²) in [7, 11) is -2.36. The van der Waals surface area contributed by atoms with Crippen molar-refractivity contribution in [1.82, 2.24) is 4.90 Å². The molecule has 4 rings (SSSR count). The van der Waals surface area contributed by atoms with Gasteiger partial charge in [0.15, 0.2) is 0 Å². The molecule has 37 heavy (non-hydrogen) atoms. The lowest BCUT2D eigenvalue weighted by Crippen LogP contribution is -2.37. The lowest BCUT2D eigenvalue weighted by Gasteiger charge is -2.29. The van der Waals surface area contributed by atoms with Crippen LogP contribution in [0.25, 0.3) is 0 Å². The summed E-state index contributed by atoms with van der Waals surface area (Å²) in [6.07, 6.45) is 1.73. The maximum Gasteiger partial charge on any atom is 0.264 e. The monoisotopic (exact) mass is 604 g/mol. The third-order valence-corrected chi connectivity index (χ3v) is 9.49. The van der Waals surface area contributed by atoms with Crippen molar-refractivity contribution >= 4 is 49.1 Å². The highest BCUT2D eigenvalue weighted by Crippen LogP contribution is 2.37. The van der Waals surface area contributed by atoms with Crippen LogP contribution in [-0.4, -0.2) is 39.4 Å². The number of rotatable bonds is 8. The van der Waals surface area contributed by atoms with Crippen LogP contribution in [0.5, 0.6) is 5.75 Å². The maximum absolute atomic E-state index is 13.9. The van der Waals surface area contributed by atoms with Gasteiger partial charge in [0.2, 0.25) is 5.91 Å². The molecule has 0 radical (unpaired) electrons. The van der Waals surface area contributed by atoms with E-state index in [1.807, 2.05) is 36.1 Å². The van der Waals surface area contributed by atoms with Crippen LogP contribution in [0.4, 0.5) is 5.69 Å². The summed E-state index contributed by atoms with van der Waals surface area (Å²) >= 11 is 9.93. The number of nitrogens with zero attached hydrogens (tertiary/aromatic N) is 2. The molecule has 0 N–H and O–H groups in total. The number of benzene rings is 3. The number of carbonyl (C=O) groups is 1. The van der Waals surface area contributed by atoms with Gasteiger partial charge in [-0.15, -0.1) is 0 Å². The minimum Gasteiger partial charge on any atom is -0.497 e. The van der Waals surface area contributed by atoms with Crippen LogP contribution < -0.4 is 9.04 Å². The van der Waals surface area contributed by atoms with Gasteiger partial charge >= 0.3 is 0 Å². The summed E-state index contributed by atoms with van der Waals surface area (Å²) in [6, 6.07) is 17.7. The van der Waals surface area contributed by atoms with Crippen molar-refractivity contribution < 1.29 is 17.9 Å². The number of aryl methyl sites for hydroxylation is 2. The van der Waals surface area contributed by atoms with Gasteiger partial charge in [0.1, 0.15) is 5.75 Å². The first-order valence-electron chi connectivity index (χ1n) is 12.1. The Morgan fingerprint density at radius 1 is 1.11 bits per heavy atom. The summed E-state index contributed by atoms with van der Waals surface area (Å²) < 4.78 is 35.2. The molecule has 1 saturated heterocycles. The molecule has 1 aliphatic rings. The molecule has 6 nitrogen and oxygen atoms in total. The first-order chi connectivity index (χ1) is 17.6. The Morgan fingerprint density at radius 3 is 2.49 bits per heavy atom. The van der Waals surface area contributed by atoms with Crippen LogP contribution in [0, 0.1) is 13.8 Å². The number of halogens is 2. The van der Waals surface area contributed by atoms with E-state index in [1.54, 1.807) is 50.4 Å². The third-order valence-electron chi connectivity index (χ3n) is 6.68. The fourth-order valence-electron chi connectivity index (χ4n) is 4.85. The second-order valence-corrected chi connectivity index (χ2v) is 12.4. The third kappa shape index (κ3) is 5.97. The number of amides is 1. The number of hydrogen-bond donors (Lipinski definition) is 0. The van der Waals surface area contributed by atoms with Crippen LogP contribution in [0.1, 0.15) is 42.0 Å². The molecule has 0 bridgehead atoms. The van der Waals surface area contributed by atoms with Crippen molar-refractivity contribution in [2.75, 3.05) is 24.5 Å². The molecule has 0 spiro atoms. The molecule has 9 heteroatoms. The fourth-order valence-corrected chi connectivity index (χ4v) is 7.32. The number of hydrogen-bond acceptors (Lipinski definition) is 4. The van der Waals surface area contributed by atoms with Crippen LogP contribution >= 0.6 is 27.5 Å². The highest BCUT2D eigenvalue weighted by atomic mass is 79.9. The van der Waals surface area contributed by atoms with Gasteiger partial charge in [0.25, 0.3) is 10.0 Å². The SMILES string of the molecule is COc1ccc(N(CCC(=O)N2CCCC2c2ccc(Br)cc2Cl)S(=O)(=O)c2ccc(C)cc2C)cc1. The number of anilines is 1. The van der Waals surface area contributed by atoms with E-state index in [4.69, 9.17) is 16.3 Å². The van der Waals surface area contributed by atoms with Gasteiger partial charge in [-0.1, -0.05) is 51.3 Å². The first kappa shape index (κ1) is 27.5. The van der Waals surface area contributed by atoms with Crippen molar-refractivity contribution in [3.05, 3.63) is 86.8 Å².